The maximum absolute atomic E-state index is 13.2. The molecule has 34 heavy (non-hydrogen) atoms. The van der Waals surface area contributed by atoms with Crippen LogP contribution in [0.4, 0.5) is 5.13 Å². The number of aromatic nitrogens is 2. The monoisotopic (exact) mass is 497 g/mol. The normalized spacial score (nSPS) is 18.0. The molecule has 2 N–H and O–H groups in total. The van der Waals surface area contributed by atoms with Crippen molar-refractivity contribution >= 4 is 40.0 Å². The largest absolute Gasteiger partial charge is 0.494 e. The lowest BCUT2D eigenvalue weighted by molar-refractivity contribution is -0.137. The first-order chi connectivity index (χ1) is 16.5. The number of nitrogens with two attached hydrogens (primary N) is 1. The molecule has 0 saturated carbocycles. The van der Waals surface area contributed by atoms with Crippen molar-refractivity contribution in [3.63, 3.8) is 0 Å². The van der Waals surface area contributed by atoms with Gasteiger partial charge in [0, 0.05) is 17.7 Å². The van der Waals surface area contributed by atoms with Gasteiger partial charge in [-0.15, -0.1) is 10.2 Å². The molecular formula is C23H23N5O4S2. The second-order valence-electron chi connectivity index (χ2n) is 7.53. The van der Waals surface area contributed by atoms with Gasteiger partial charge in [0.25, 0.3) is 0 Å². The number of nitrogens with zero attached hydrogens (tertiary/aromatic N) is 4. The Bertz CT molecular complexity index is 1210. The summed E-state index contributed by atoms with van der Waals surface area (Å²) in [5.41, 5.74) is 8.95. The second-order valence-corrected chi connectivity index (χ2v) is 9.71. The third-order valence-corrected chi connectivity index (χ3v) is 7.58. The van der Waals surface area contributed by atoms with E-state index in [0.717, 1.165) is 11.3 Å². The summed E-state index contributed by atoms with van der Waals surface area (Å²) >= 11 is 2.45. The minimum absolute atomic E-state index is 0.00445. The van der Waals surface area contributed by atoms with Crippen LogP contribution in [0.15, 0.2) is 51.3 Å². The van der Waals surface area contributed by atoms with Gasteiger partial charge in [0.05, 0.1) is 37.0 Å². The van der Waals surface area contributed by atoms with Crippen molar-refractivity contribution in [3.8, 4) is 11.8 Å². The van der Waals surface area contributed by atoms with Crippen LogP contribution in [0.25, 0.3) is 0 Å². The molecule has 4 rings (SSSR count). The number of esters is 1. The van der Waals surface area contributed by atoms with E-state index < -0.39 is 5.92 Å². The number of ketones is 1. The molecule has 0 saturated heterocycles. The molecule has 0 amide bonds. The molecule has 2 heterocycles. The fourth-order valence-electron chi connectivity index (χ4n) is 4.09. The number of Topliss-reactive ketones (excluding diaryl/α,β-unsaturated/α-hetero) is 1. The van der Waals surface area contributed by atoms with Gasteiger partial charge in [0.2, 0.25) is 5.13 Å². The molecule has 1 aliphatic heterocycles. The highest BCUT2D eigenvalue weighted by atomic mass is 32.2. The van der Waals surface area contributed by atoms with E-state index in [-0.39, 0.29) is 28.9 Å². The molecule has 9 nitrogen and oxygen atoms in total. The third-order valence-electron chi connectivity index (χ3n) is 5.57. The van der Waals surface area contributed by atoms with E-state index in [9.17, 15) is 14.9 Å². The Morgan fingerprint density at radius 2 is 2.09 bits per heavy atom. The SMILES string of the molecule is CCOc1ccc(C2C(C#N)=C(N)N(c3nnc(SCC(=O)OC)s3)C3=C2C(=O)CCC3)cc1. The minimum Gasteiger partial charge on any atom is -0.494 e. The van der Waals surface area contributed by atoms with E-state index in [1.165, 1.54) is 30.2 Å². The summed E-state index contributed by atoms with van der Waals surface area (Å²) in [6, 6.07) is 9.64. The lowest BCUT2D eigenvalue weighted by Crippen LogP contribution is -2.38. The van der Waals surface area contributed by atoms with Crippen LogP contribution in [-0.4, -0.2) is 41.4 Å². The zero-order valence-corrected chi connectivity index (χ0v) is 20.4. The summed E-state index contributed by atoms with van der Waals surface area (Å²) in [7, 11) is 1.33. The Morgan fingerprint density at radius 1 is 1.32 bits per heavy atom. The van der Waals surface area contributed by atoms with Gasteiger partial charge in [-0.25, -0.2) is 0 Å². The van der Waals surface area contributed by atoms with Crippen molar-refractivity contribution in [2.75, 3.05) is 24.4 Å². The number of benzene rings is 1. The van der Waals surface area contributed by atoms with Crippen LogP contribution >= 0.6 is 23.1 Å². The standard InChI is InChI=1S/C23H23N5O4S2/c1-3-32-14-9-7-13(8-10-14)19-15(11-24)21(25)28(16-5-4-6-17(29)20(16)19)22-26-27-23(34-22)33-12-18(30)31-2/h7-10,19H,3-6,12,25H2,1-2H3. The van der Waals surface area contributed by atoms with Crippen LogP contribution < -0.4 is 15.4 Å². The Kier molecular flexibility index (Phi) is 7.19. The Morgan fingerprint density at radius 3 is 2.76 bits per heavy atom. The van der Waals surface area contributed by atoms with E-state index in [0.29, 0.717) is 46.7 Å². The average molecular weight is 498 g/mol. The van der Waals surface area contributed by atoms with Gasteiger partial charge in [0.1, 0.15) is 11.6 Å². The van der Waals surface area contributed by atoms with Crippen LogP contribution in [0.2, 0.25) is 0 Å². The molecule has 1 unspecified atom stereocenters. The van der Waals surface area contributed by atoms with E-state index >= 15 is 0 Å². The summed E-state index contributed by atoms with van der Waals surface area (Å²) in [6.45, 7) is 2.45. The second kappa shape index (κ2) is 10.3. The molecule has 0 bridgehead atoms. The van der Waals surface area contributed by atoms with Gasteiger partial charge in [-0.2, -0.15) is 5.26 Å². The first-order valence-electron chi connectivity index (χ1n) is 10.7. The quantitative estimate of drug-likeness (QED) is 0.448. The van der Waals surface area contributed by atoms with Crippen molar-refractivity contribution in [3.05, 3.63) is 52.5 Å². The molecule has 1 aliphatic carbocycles. The molecule has 1 aromatic carbocycles. The highest BCUT2D eigenvalue weighted by Gasteiger charge is 2.41. The van der Waals surface area contributed by atoms with Gasteiger partial charge in [0.15, 0.2) is 10.1 Å². The Hall–Kier alpha value is -3.36. The van der Waals surface area contributed by atoms with Crippen molar-refractivity contribution < 1.29 is 19.1 Å². The summed E-state index contributed by atoms with van der Waals surface area (Å²) < 4.78 is 10.8. The number of carbonyl (C=O) groups is 2. The van der Waals surface area contributed by atoms with Gasteiger partial charge in [-0.1, -0.05) is 35.2 Å². The summed E-state index contributed by atoms with van der Waals surface area (Å²) in [6.07, 6.45) is 1.72. The predicted octanol–water partition coefficient (Wildman–Crippen LogP) is 3.51. The van der Waals surface area contributed by atoms with Crippen LogP contribution in [0.5, 0.6) is 5.75 Å². The first kappa shape index (κ1) is 23.8. The number of carbonyl (C=O) groups excluding carboxylic acids is 2. The molecule has 0 fully saturated rings. The number of hydrogen-bond acceptors (Lipinski definition) is 11. The smallest absolute Gasteiger partial charge is 0.316 e. The minimum atomic E-state index is -0.555. The fourth-order valence-corrected chi connectivity index (χ4v) is 5.81. The topological polar surface area (TPSA) is 131 Å². The van der Waals surface area contributed by atoms with E-state index in [2.05, 4.69) is 21.0 Å². The zero-order chi connectivity index (χ0) is 24.2. The summed E-state index contributed by atoms with van der Waals surface area (Å²) in [5.74, 6) is 0.124. The van der Waals surface area contributed by atoms with Crippen LogP contribution in [0, 0.1) is 11.3 Å². The third kappa shape index (κ3) is 4.51. The number of thioether (sulfide) groups is 1. The van der Waals surface area contributed by atoms with Crippen LogP contribution in [0.3, 0.4) is 0 Å². The molecule has 0 radical (unpaired) electrons. The Balaban J connectivity index is 1.76. The van der Waals surface area contributed by atoms with Gasteiger partial charge in [-0.05, 0) is 37.5 Å². The van der Waals surface area contributed by atoms with Gasteiger partial charge in [-0.3, -0.25) is 14.5 Å². The maximum atomic E-state index is 13.2. The molecule has 0 spiro atoms. The predicted molar refractivity (Wildman–Crippen MR) is 128 cm³/mol. The summed E-state index contributed by atoms with van der Waals surface area (Å²) in [4.78, 5) is 26.3. The maximum Gasteiger partial charge on any atom is 0.316 e. The fraction of sp³-hybridized carbons (Fsp3) is 0.348. The van der Waals surface area contributed by atoms with E-state index in [1.54, 1.807) is 4.90 Å². The van der Waals surface area contributed by atoms with E-state index in [1.807, 2.05) is 31.2 Å². The number of anilines is 1. The van der Waals surface area contributed by atoms with Crippen molar-refractivity contribution in [1.29, 1.82) is 5.26 Å². The molecule has 1 aromatic heterocycles. The van der Waals surface area contributed by atoms with Crippen molar-refractivity contribution in [1.82, 2.24) is 10.2 Å². The molecule has 1 atom stereocenters. The van der Waals surface area contributed by atoms with Crippen LogP contribution in [-0.2, 0) is 14.3 Å². The van der Waals surface area contributed by atoms with Gasteiger partial charge < -0.3 is 15.2 Å². The summed E-state index contributed by atoms with van der Waals surface area (Å²) in [5, 5.41) is 18.9. The average Bonchev–Trinajstić information content (AvgIpc) is 3.31. The van der Waals surface area contributed by atoms with Crippen LogP contribution in [0.1, 0.15) is 37.7 Å². The molecule has 2 aromatic rings. The number of rotatable bonds is 7. The van der Waals surface area contributed by atoms with Gasteiger partial charge >= 0.3 is 5.97 Å². The van der Waals surface area contributed by atoms with Crippen molar-refractivity contribution in [2.24, 2.45) is 5.73 Å². The number of allylic oxidation sites excluding steroid dienone is 3. The lowest BCUT2D eigenvalue weighted by atomic mass is 9.76. The lowest BCUT2D eigenvalue weighted by Gasteiger charge is -2.38. The Labute approximate surface area is 205 Å². The number of methoxy groups -OCH3 is 1. The van der Waals surface area contributed by atoms with Crippen molar-refractivity contribution in [2.45, 2.75) is 36.4 Å². The number of nitriles is 1. The first-order valence-corrected chi connectivity index (χ1v) is 12.5. The van der Waals surface area contributed by atoms with E-state index in [4.69, 9.17) is 10.5 Å². The molecular weight excluding hydrogens is 474 g/mol. The zero-order valence-electron chi connectivity index (χ0n) is 18.7. The molecule has 11 heteroatoms. The highest BCUT2D eigenvalue weighted by Crippen LogP contribution is 2.47. The number of ether oxygens (including phenoxy) is 2. The number of hydrogen-bond donors (Lipinski definition) is 1. The molecule has 2 aliphatic rings. The highest BCUT2D eigenvalue weighted by molar-refractivity contribution is 8.01. The molecule has 176 valence electrons.